The molecule has 1 aliphatic carbocycles. The summed E-state index contributed by atoms with van der Waals surface area (Å²) in [4.78, 5) is 12.2. The molecule has 0 bridgehead atoms. The van der Waals surface area contributed by atoms with E-state index in [9.17, 15) is 4.79 Å². The van der Waals surface area contributed by atoms with Gasteiger partial charge in [-0.2, -0.15) is 0 Å². The van der Waals surface area contributed by atoms with Crippen molar-refractivity contribution >= 4 is 28.4 Å². The number of hydrogen-bond donors (Lipinski definition) is 0. The third kappa shape index (κ3) is 2.60. The van der Waals surface area contributed by atoms with E-state index in [1.54, 1.807) is 12.1 Å². The Hall–Kier alpha value is -1.32. The molecule has 3 rings (SSSR count). The molecular formula is C16H17ClO3. The standard InChI is InChI=1S/C16H17ClO3/c1-2-19-12-6-10(7-12)8-14(18)15-9-11-4-3-5-13(17)16(11)20-15/h3-5,9-10,12H,2,6-8H2,1H3. The fourth-order valence-corrected chi connectivity index (χ4v) is 2.96. The molecule has 1 fully saturated rings. The molecule has 1 aromatic carbocycles. The Kier molecular flexibility index (Phi) is 3.81. The molecule has 1 saturated carbocycles. The van der Waals surface area contributed by atoms with E-state index in [1.807, 2.05) is 19.1 Å². The molecule has 0 unspecified atom stereocenters. The number of para-hydroxylation sites is 1. The van der Waals surface area contributed by atoms with Gasteiger partial charge in [-0.25, -0.2) is 0 Å². The number of hydrogen-bond acceptors (Lipinski definition) is 3. The van der Waals surface area contributed by atoms with Crippen molar-refractivity contribution in [3.63, 3.8) is 0 Å². The molecular weight excluding hydrogens is 276 g/mol. The molecule has 0 amide bonds. The quantitative estimate of drug-likeness (QED) is 0.763. The van der Waals surface area contributed by atoms with E-state index in [-0.39, 0.29) is 5.78 Å². The number of fused-ring (bicyclic) bond motifs is 1. The molecule has 0 spiro atoms. The maximum atomic E-state index is 12.2. The third-order valence-electron chi connectivity index (χ3n) is 3.84. The SMILES string of the molecule is CCOC1CC(CC(=O)c2cc3cccc(Cl)c3o2)C1. The molecule has 0 saturated heterocycles. The molecule has 0 aliphatic heterocycles. The number of carbonyl (C=O) groups is 1. The minimum atomic E-state index is 0.0530. The van der Waals surface area contributed by atoms with E-state index in [2.05, 4.69) is 0 Å². The molecule has 0 N–H and O–H groups in total. The minimum absolute atomic E-state index is 0.0530. The summed E-state index contributed by atoms with van der Waals surface area (Å²) in [5.74, 6) is 0.882. The number of carbonyl (C=O) groups excluding carboxylic acids is 1. The second kappa shape index (κ2) is 5.58. The number of ether oxygens (including phenoxy) is 1. The predicted molar refractivity (Wildman–Crippen MR) is 78.3 cm³/mol. The zero-order valence-electron chi connectivity index (χ0n) is 11.4. The highest BCUT2D eigenvalue weighted by molar-refractivity contribution is 6.34. The van der Waals surface area contributed by atoms with Gasteiger partial charge in [-0.15, -0.1) is 0 Å². The Morgan fingerprint density at radius 3 is 2.95 bits per heavy atom. The van der Waals surface area contributed by atoms with Gasteiger partial charge in [0, 0.05) is 18.4 Å². The number of benzene rings is 1. The van der Waals surface area contributed by atoms with Gasteiger partial charge in [-0.05, 0) is 37.8 Å². The highest BCUT2D eigenvalue weighted by atomic mass is 35.5. The number of rotatable bonds is 5. The fraction of sp³-hybridized carbons (Fsp3) is 0.438. The monoisotopic (exact) mass is 292 g/mol. The number of Topliss-reactive ketones (excluding diaryl/α,β-unsaturated/α-hetero) is 1. The molecule has 106 valence electrons. The van der Waals surface area contributed by atoms with Crippen LogP contribution < -0.4 is 0 Å². The molecule has 3 nitrogen and oxygen atoms in total. The Morgan fingerprint density at radius 1 is 1.45 bits per heavy atom. The van der Waals surface area contributed by atoms with Gasteiger partial charge in [0.15, 0.2) is 17.1 Å². The summed E-state index contributed by atoms with van der Waals surface area (Å²) in [6, 6.07) is 7.30. The van der Waals surface area contributed by atoms with Crippen molar-refractivity contribution in [3.05, 3.63) is 35.0 Å². The van der Waals surface area contributed by atoms with Crippen molar-refractivity contribution in [2.24, 2.45) is 5.92 Å². The van der Waals surface area contributed by atoms with Crippen LogP contribution >= 0.6 is 11.6 Å². The van der Waals surface area contributed by atoms with Crippen LogP contribution in [-0.2, 0) is 4.74 Å². The van der Waals surface area contributed by atoms with Crippen LogP contribution in [0.2, 0.25) is 5.02 Å². The van der Waals surface area contributed by atoms with Crippen molar-refractivity contribution in [1.82, 2.24) is 0 Å². The predicted octanol–water partition coefficient (Wildman–Crippen LogP) is 4.47. The molecule has 0 radical (unpaired) electrons. The van der Waals surface area contributed by atoms with Crippen LogP contribution in [0.3, 0.4) is 0 Å². The lowest BCUT2D eigenvalue weighted by Crippen LogP contribution is -2.32. The maximum absolute atomic E-state index is 12.2. The van der Waals surface area contributed by atoms with Crippen molar-refractivity contribution in [2.75, 3.05) is 6.61 Å². The molecule has 1 heterocycles. The van der Waals surface area contributed by atoms with E-state index in [4.69, 9.17) is 20.8 Å². The van der Waals surface area contributed by atoms with Crippen LogP contribution in [0.15, 0.2) is 28.7 Å². The third-order valence-corrected chi connectivity index (χ3v) is 4.14. The molecule has 1 aliphatic rings. The van der Waals surface area contributed by atoms with Crippen molar-refractivity contribution < 1.29 is 13.9 Å². The Labute approximate surface area is 122 Å². The first-order valence-corrected chi connectivity index (χ1v) is 7.38. The van der Waals surface area contributed by atoms with Crippen LogP contribution in [-0.4, -0.2) is 18.5 Å². The largest absolute Gasteiger partial charge is 0.451 e. The lowest BCUT2D eigenvalue weighted by atomic mass is 9.79. The zero-order chi connectivity index (χ0) is 14.1. The van der Waals surface area contributed by atoms with E-state index in [1.165, 1.54) is 0 Å². The van der Waals surface area contributed by atoms with Crippen molar-refractivity contribution in [3.8, 4) is 0 Å². The number of halogens is 1. The first-order chi connectivity index (χ1) is 9.67. The maximum Gasteiger partial charge on any atom is 0.198 e. The summed E-state index contributed by atoms with van der Waals surface area (Å²) in [7, 11) is 0. The number of furan rings is 1. The van der Waals surface area contributed by atoms with Crippen LogP contribution in [0, 0.1) is 5.92 Å². The van der Waals surface area contributed by atoms with Gasteiger partial charge in [-0.3, -0.25) is 4.79 Å². The number of ketones is 1. The lowest BCUT2D eigenvalue weighted by molar-refractivity contribution is -0.0247. The van der Waals surface area contributed by atoms with Crippen LogP contribution in [0.5, 0.6) is 0 Å². The topological polar surface area (TPSA) is 39.4 Å². The van der Waals surface area contributed by atoms with E-state index in [0.29, 0.717) is 34.8 Å². The first kappa shape index (κ1) is 13.7. The fourth-order valence-electron chi connectivity index (χ4n) is 2.74. The molecule has 2 aromatic rings. The lowest BCUT2D eigenvalue weighted by Gasteiger charge is -2.34. The summed E-state index contributed by atoms with van der Waals surface area (Å²) in [5.41, 5.74) is 0.596. The van der Waals surface area contributed by atoms with Crippen molar-refractivity contribution in [2.45, 2.75) is 32.3 Å². The molecule has 0 atom stereocenters. The highest BCUT2D eigenvalue weighted by Crippen LogP contribution is 2.34. The van der Waals surface area contributed by atoms with Gasteiger partial charge < -0.3 is 9.15 Å². The smallest absolute Gasteiger partial charge is 0.198 e. The zero-order valence-corrected chi connectivity index (χ0v) is 12.2. The summed E-state index contributed by atoms with van der Waals surface area (Å²) < 4.78 is 11.1. The summed E-state index contributed by atoms with van der Waals surface area (Å²) in [6.07, 6.45) is 2.81. The average Bonchev–Trinajstić information content (AvgIpc) is 2.82. The van der Waals surface area contributed by atoms with Gasteiger partial charge in [0.25, 0.3) is 0 Å². The van der Waals surface area contributed by atoms with Crippen LogP contribution in [0.4, 0.5) is 0 Å². The Balaban J connectivity index is 1.66. The molecule has 1 aromatic heterocycles. The van der Waals surface area contributed by atoms with Gasteiger partial charge in [-0.1, -0.05) is 23.7 Å². The second-order valence-corrected chi connectivity index (χ2v) is 5.72. The Bertz CT molecular complexity index is 626. The minimum Gasteiger partial charge on any atom is -0.451 e. The van der Waals surface area contributed by atoms with Crippen LogP contribution in [0.1, 0.15) is 36.7 Å². The van der Waals surface area contributed by atoms with E-state index in [0.717, 1.165) is 24.8 Å². The van der Waals surface area contributed by atoms with Gasteiger partial charge in [0.1, 0.15) is 0 Å². The van der Waals surface area contributed by atoms with Gasteiger partial charge >= 0.3 is 0 Å². The van der Waals surface area contributed by atoms with Crippen molar-refractivity contribution in [1.29, 1.82) is 0 Å². The van der Waals surface area contributed by atoms with Gasteiger partial charge in [0.05, 0.1) is 11.1 Å². The van der Waals surface area contributed by atoms with Gasteiger partial charge in [0.2, 0.25) is 0 Å². The summed E-state index contributed by atoms with van der Waals surface area (Å²) in [6.45, 7) is 2.74. The Morgan fingerprint density at radius 2 is 2.25 bits per heavy atom. The average molecular weight is 293 g/mol. The van der Waals surface area contributed by atoms with E-state index < -0.39 is 0 Å². The molecule has 20 heavy (non-hydrogen) atoms. The second-order valence-electron chi connectivity index (χ2n) is 5.31. The summed E-state index contributed by atoms with van der Waals surface area (Å²) in [5, 5.41) is 1.42. The normalized spacial score (nSPS) is 21.9. The van der Waals surface area contributed by atoms with Crippen LogP contribution in [0.25, 0.3) is 11.0 Å². The van der Waals surface area contributed by atoms with E-state index >= 15 is 0 Å². The molecule has 4 heteroatoms. The summed E-state index contributed by atoms with van der Waals surface area (Å²) >= 11 is 6.05. The highest BCUT2D eigenvalue weighted by Gasteiger charge is 2.32. The first-order valence-electron chi connectivity index (χ1n) is 7.00.